The lowest BCUT2D eigenvalue weighted by atomic mass is 10.4. The highest BCUT2D eigenvalue weighted by Crippen LogP contribution is 1.91. The van der Waals surface area contributed by atoms with Crippen LogP contribution in [-0.2, 0) is 0 Å². The first-order chi connectivity index (χ1) is 6.28. The lowest BCUT2D eigenvalue weighted by Gasteiger charge is -2.05. The van der Waals surface area contributed by atoms with Gasteiger partial charge in [0.2, 0.25) is 0 Å². The molecule has 0 aliphatic heterocycles. The summed E-state index contributed by atoms with van der Waals surface area (Å²) in [6, 6.07) is 2.71. The summed E-state index contributed by atoms with van der Waals surface area (Å²) >= 11 is 0. The van der Waals surface area contributed by atoms with Gasteiger partial charge in [-0.15, -0.1) is 0 Å². The van der Waals surface area contributed by atoms with E-state index in [2.05, 4.69) is 40.5 Å². The van der Waals surface area contributed by atoms with Crippen LogP contribution in [-0.4, -0.2) is 32.4 Å². The van der Waals surface area contributed by atoms with E-state index in [1.54, 1.807) is 0 Å². The lowest BCUT2D eigenvalue weighted by molar-refractivity contribution is 0.560. The van der Waals surface area contributed by atoms with Gasteiger partial charge in [0, 0.05) is 0 Å². The normalized spacial score (nSPS) is 14.5. The highest BCUT2D eigenvalue weighted by molar-refractivity contribution is 5.41. The highest BCUT2D eigenvalue weighted by atomic mass is 15.1. The summed E-state index contributed by atoms with van der Waals surface area (Å²) in [6.45, 7) is 4.14. The van der Waals surface area contributed by atoms with Crippen LogP contribution in [0.4, 0.5) is 0 Å². The van der Waals surface area contributed by atoms with Crippen LogP contribution in [0.2, 0.25) is 0 Å². The minimum absolute atomic E-state index is 0.137. The molecule has 2 atom stereocenters. The summed E-state index contributed by atoms with van der Waals surface area (Å²) in [5.74, 6) is 0. The van der Waals surface area contributed by atoms with Crippen LogP contribution in [0.3, 0.4) is 0 Å². The average molecular weight is 184 g/mol. The van der Waals surface area contributed by atoms with Crippen molar-refractivity contribution in [3.63, 3.8) is 0 Å². The molecule has 0 aromatic rings. The van der Waals surface area contributed by atoms with Gasteiger partial charge in [-0.05, 0) is 26.9 Å². The van der Waals surface area contributed by atoms with E-state index in [0.29, 0.717) is 0 Å². The summed E-state index contributed by atoms with van der Waals surface area (Å²) < 4.78 is 0. The maximum Gasteiger partial charge on any atom is 0.110 e. The molecular weight excluding hydrogens is 164 g/mol. The SMILES string of the molecule is CCC(N=C=NC(CC)NC)NC. The summed E-state index contributed by atoms with van der Waals surface area (Å²) in [7, 11) is 3.77. The molecule has 0 heterocycles. The summed E-state index contributed by atoms with van der Waals surface area (Å²) in [5.41, 5.74) is 0. The van der Waals surface area contributed by atoms with E-state index in [-0.39, 0.29) is 12.3 Å². The maximum absolute atomic E-state index is 4.13. The van der Waals surface area contributed by atoms with Crippen molar-refractivity contribution in [2.24, 2.45) is 9.98 Å². The summed E-state index contributed by atoms with van der Waals surface area (Å²) in [4.78, 5) is 8.26. The van der Waals surface area contributed by atoms with Crippen molar-refractivity contribution in [1.82, 2.24) is 10.6 Å². The smallest absolute Gasteiger partial charge is 0.110 e. The van der Waals surface area contributed by atoms with Crippen LogP contribution < -0.4 is 10.6 Å². The summed E-state index contributed by atoms with van der Waals surface area (Å²) in [6.07, 6.45) is 2.18. The van der Waals surface area contributed by atoms with Crippen LogP contribution in [0.25, 0.3) is 0 Å². The van der Waals surface area contributed by atoms with Gasteiger partial charge < -0.3 is 0 Å². The third kappa shape index (κ3) is 5.53. The van der Waals surface area contributed by atoms with E-state index < -0.39 is 0 Å². The maximum atomic E-state index is 4.13. The van der Waals surface area contributed by atoms with Crippen molar-refractivity contribution in [3.8, 4) is 0 Å². The first kappa shape index (κ1) is 12.3. The van der Waals surface area contributed by atoms with Crippen LogP contribution >= 0.6 is 0 Å². The van der Waals surface area contributed by atoms with Crippen molar-refractivity contribution in [2.75, 3.05) is 14.1 Å². The molecule has 0 fully saturated rings. The fraction of sp³-hybridized carbons (Fsp3) is 0.889. The van der Waals surface area contributed by atoms with Gasteiger partial charge in [0.25, 0.3) is 0 Å². The van der Waals surface area contributed by atoms with Crippen LogP contribution in [0.5, 0.6) is 0 Å². The number of aliphatic imine (C=N–C) groups is 2. The molecule has 0 amide bonds. The predicted octanol–water partition coefficient (Wildman–Crippen LogP) is 1.07. The summed E-state index contributed by atoms with van der Waals surface area (Å²) in [5, 5.41) is 6.10. The van der Waals surface area contributed by atoms with Crippen LogP contribution in [0, 0.1) is 0 Å². The zero-order chi connectivity index (χ0) is 10.1. The molecule has 0 radical (unpaired) electrons. The molecule has 2 unspecified atom stereocenters. The Morgan fingerprint density at radius 3 is 1.62 bits per heavy atom. The largest absolute Gasteiger partial charge is 0.298 e. The average Bonchev–Trinajstić information content (AvgIpc) is 2.19. The molecular formula is C9H20N4. The minimum Gasteiger partial charge on any atom is -0.298 e. The van der Waals surface area contributed by atoms with Gasteiger partial charge in [-0.2, -0.15) is 0 Å². The second-order valence-corrected chi connectivity index (χ2v) is 2.78. The number of hydrogen-bond donors (Lipinski definition) is 2. The lowest BCUT2D eigenvalue weighted by Crippen LogP contribution is -2.22. The first-order valence-corrected chi connectivity index (χ1v) is 4.77. The van der Waals surface area contributed by atoms with Gasteiger partial charge >= 0.3 is 0 Å². The Kier molecular flexibility index (Phi) is 7.50. The van der Waals surface area contributed by atoms with E-state index in [9.17, 15) is 0 Å². The zero-order valence-corrected chi connectivity index (χ0v) is 8.96. The van der Waals surface area contributed by atoms with E-state index in [4.69, 9.17) is 0 Å². The first-order valence-electron chi connectivity index (χ1n) is 4.77. The van der Waals surface area contributed by atoms with Gasteiger partial charge in [0.15, 0.2) is 0 Å². The Labute approximate surface area is 80.5 Å². The monoisotopic (exact) mass is 184 g/mol. The molecule has 76 valence electrons. The van der Waals surface area contributed by atoms with Crippen molar-refractivity contribution in [1.29, 1.82) is 0 Å². The third-order valence-corrected chi connectivity index (χ3v) is 1.87. The quantitative estimate of drug-likeness (QED) is 0.607. The van der Waals surface area contributed by atoms with Crippen molar-refractivity contribution in [2.45, 2.75) is 39.0 Å². The standard InChI is InChI=1S/C9H20N4/c1-5-8(10-3)12-7-13-9(6-2)11-4/h8-11H,5-6H2,1-4H3. The molecule has 0 saturated heterocycles. The van der Waals surface area contributed by atoms with Gasteiger partial charge in [-0.25, -0.2) is 9.98 Å². The molecule has 0 aromatic heterocycles. The topological polar surface area (TPSA) is 48.8 Å². The molecule has 4 heteroatoms. The van der Waals surface area contributed by atoms with Crippen molar-refractivity contribution in [3.05, 3.63) is 0 Å². The van der Waals surface area contributed by atoms with Crippen LogP contribution in [0.15, 0.2) is 9.98 Å². The molecule has 0 bridgehead atoms. The molecule has 0 rings (SSSR count). The Bertz CT molecular complexity index is 148. The van der Waals surface area contributed by atoms with Gasteiger partial charge in [-0.3, -0.25) is 10.6 Å². The van der Waals surface area contributed by atoms with E-state index in [1.807, 2.05) is 14.1 Å². The molecule has 0 spiro atoms. The number of nitrogens with one attached hydrogen (secondary N) is 2. The zero-order valence-electron chi connectivity index (χ0n) is 8.96. The molecule has 2 N–H and O–H groups in total. The molecule has 0 aliphatic carbocycles. The molecule has 0 aliphatic rings. The Hall–Kier alpha value is -0.700. The van der Waals surface area contributed by atoms with Crippen molar-refractivity contribution >= 4 is 6.01 Å². The second-order valence-electron chi connectivity index (χ2n) is 2.78. The third-order valence-electron chi connectivity index (χ3n) is 1.87. The number of nitrogens with zero attached hydrogens (tertiary/aromatic N) is 2. The highest BCUT2D eigenvalue weighted by Gasteiger charge is 1.97. The molecule has 13 heavy (non-hydrogen) atoms. The van der Waals surface area contributed by atoms with Crippen molar-refractivity contribution < 1.29 is 0 Å². The minimum atomic E-state index is 0.137. The fourth-order valence-electron chi connectivity index (χ4n) is 0.893. The van der Waals surface area contributed by atoms with Gasteiger partial charge in [0.05, 0.1) is 6.01 Å². The van der Waals surface area contributed by atoms with E-state index in [0.717, 1.165) is 12.8 Å². The predicted molar refractivity (Wildman–Crippen MR) is 56.1 cm³/mol. The number of rotatable bonds is 6. The van der Waals surface area contributed by atoms with Gasteiger partial charge in [-0.1, -0.05) is 13.8 Å². The second kappa shape index (κ2) is 7.92. The Balaban J connectivity index is 4.05. The van der Waals surface area contributed by atoms with E-state index >= 15 is 0 Å². The Morgan fingerprint density at radius 1 is 1.00 bits per heavy atom. The molecule has 4 nitrogen and oxygen atoms in total. The van der Waals surface area contributed by atoms with E-state index in [1.165, 1.54) is 0 Å². The fourth-order valence-corrected chi connectivity index (χ4v) is 0.893. The molecule has 0 saturated carbocycles. The number of hydrogen-bond acceptors (Lipinski definition) is 4. The van der Waals surface area contributed by atoms with Crippen LogP contribution in [0.1, 0.15) is 26.7 Å². The molecule has 0 aromatic carbocycles. The Morgan fingerprint density at radius 2 is 1.38 bits per heavy atom. The van der Waals surface area contributed by atoms with Gasteiger partial charge in [0.1, 0.15) is 12.3 Å².